The van der Waals surface area contributed by atoms with Gasteiger partial charge in [-0.25, -0.2) is 4.79 Å². The summed E-state index contributed by atoms with van der Waals surface area (Å²) in [6.45, 7) is 1.86. The average molecular weight is 247 g/mol. The lowest BCUT2D eigenvalue weighted by molar-refractivity contribution is -0.136. The van der Waals surface area contributed by atoms with E-state index in [2.05, 4.69) is 4.98 Å². The maximum absolute atomic E-state index is 10.9. The van der Waals surface area contributed by atoms with Gasteiger partial charge in [-0.1, -0.05) is 0 Å². The summed E-state index contributed by atoms with van der Waals surface area (Å²) in [4.78, 5) is 24.7. The molecule has 0 unspecified atom stereocenters. The van der Waals surface area contributed by atoms with E-state index >= 15 is 0 Å². The molecular formula is C13H13NO4. The molecule has 1 aromatic heterocycles. The van der Waals surface area contributed by atoms with Crippen molar-refractivity contribution in [2.24, 2.45) is 0 Å². The number of aryl methyl sites for hydroxylation is 2. The molecule has 2 rings (SSSR count). The van der Waals surface area contributed by atoms with Crippen molar-refractivity contribution in [1.82, 2.24) is 4.98 Å². The van der Waals surface area contributed by atoms with E-state index in [-0.39, 0.29) is 12.0 Å². The first-order chi connectivity index (χ1) is 8.49. The Kier molecular flexibility index (Phi) is 3.06. The fourth-order valence-corrected chi connectivity index (χ4v) is 2.07. The van der Waals surface area contributed by atoms with Crippen LogP contribution in [0, 0.1) is 6.92 Å². The predicted octanol–water partition coefficient (Wildman–Crippen LogP) is 2.19. The molecule has 2 aromatic rings. The molecule has 94 valence electrons. The van der Waals surface area contributed by atoms with E-state index in [9.17, 15) is 9.59 Å². The van der Waals surface area contributed by atoms with Gasteiger partial charge in [0.05, 0.1) is 5.56 Å². The minimum absolute atomic E-state index is 0.0328. The number of H-pyrrole nitrogens is 1. The highest BCUT2D eigenvalue weighted by Gasteiger charge is 2.12. The molecule has 0 bridgehead atoms. The van der Waals surface area contributed by atoms with Crippen molar-refractivity contribution >= 4 is 22.8 Å². The van der Waals surface area contributed by atoms with E-state index in [4.69, 9.17) is 10.2 Å². The standard InChI is InChI=1S/C13H13NO4/c1-7-9(3-5-12(15)16)10-6-8(13(17)18)2-4-11(10)14-7/h2,4,6,14H,3,5H2,1H3,(H,15,16)(H,17,18). The topological polar surface area (TPSA) is 90.4 Å². The molecule has 5 heteroatoms. The summed E-state index contributed by atoms with van der Waals surface area (Å²) in [6.07, 6.45) is 0.426. The van der Waals surface area contributed by atoms with Crippen LogP contribution >= 0.6 is 0 Å². The molecular weight excluding hydrogens is 234 g/mol. The van der Waals surface area contributed by atoms with E-state index < -0.39 is 11.9 Å². The van der Waals surface area contributed by atoms with Crippen molar-refractivity contribution in [3.63, 3.8) is 0 Å². The van der Waals surface area contributed by atoms with Crippen LogP contribution in [0.15, 0.2) is 18.2 Å². The molecule has 1 heterocycles. The number of rotatable bonds is 4. The minimum atomic E-state index is -0.986. The Balaban J connectivity index is 2.49. The second-order valence-corrected chi connectivity index (χ2v) is 4.19. The molecule has 0 aliphatic heterocycles. The monoisotopic (exact) mass is 247 g/mol. The summed E-state index contributed by atoms with van der Waals surface area (Å²) in [5.41, 5.74) is 2.79. The van der Waals surface area contributed by atoms with Crippen molar-refractivity contribution in [2.75, 3.05) is 0 Å². The number of benzene rings is 1. The van der Waals surface area contributed by atoms with Crippen molar-refractivity contribution in [2.45, 2.75) is 19.8 Å². The summed E-state index contributed by atoms with van der Waals surface area (Å²) in [5, 5.41) is 18.5. The molecule has 0 aliphatic carbocycles. The Morgan fingerprint density at radius 3 is 2.61 bits per heavy atom. The molecule has 0 saturated carbocycles. The fourth-order valence-electron chi connectivity index (χ4n) is 2.07. The highest BCUT2D eigenvalue weighted by Crippen LogP contribution is 2.24. The molecule has 0 aliphatic rings. The van der Waals surface area contributed by atoms with Crippen LogP contribution in [-0.2, 0) is 11.2 Å². The van der Waals surface area contributed by atoms with E-state index in [0.29, 0.717) is 6.42 Å². The number of aliphatic carboxylic acids is 1. The maximum Gasteiger partial charge on any atom is 0.335 e. The Labute approximate surface area is 103 Å². The van der Waals surface area contributed by atoms with Crippen molar-refractivity contribution in [1.29, 1.82) is 0 Å². The van der Waals surface area contributed by atoms with Crippen molar-refractivity contribution in [3.8, 4) is 0 Å². The molecule has 0 atom stereocenters. The smallest absolute Gasteiger partial charge is 0.335 e. The molecule has 5 nitrogen and oxygen atoms in total. The van der Waals surface area contributed by atoms with Crippen LogP contribution < -0.4 is 0 Å². The Morgan fingerprint density at radius 1 is 1.28 bits per heavy atom. The van der Waals surface area contributed by atoms with E-state index in [1.807, 2.05) is 6.92 Å². The molecule has 0 fully saturated rings. The van der Waals surface area contributed by atoms with Crippen molar-refractivity contribution in [3.05, 3.63) is 35.0 Å². The largest absolute Gasteiger partial charge is 0.481 e. The van der Waals surface area contributed by atoms with E-state index in [0.717, 1.165) is 22.2 Å². The Hall–Kier alpha value is -2.30. The zero-order chi connectivity index (χ0) is 13.3. The van der Waals surface area contributed by atoms with Gasteiger partial charge in [0.15, 0.2) is 0 Å². The van der Waals surface area contributed by atoms with Gasteiger partial charge in [0.1, 0.15) is 0 Å². The van der Waals surface area contributed by atoms with Crippen LogP contribution in [0.25, 0.3) is 10.9 Å². The second kappa shape index (κ2) is 4.52. The van der Waals surface area contributed by atoms with Crippen LogP contribution in [0.3, 0.4) is 0 Å². The maximum atomic E-state index is 10.9. The predicted molar refractivity (Wildman–Crippen MR) is 66.0 cm³/mol. The highest BCUT2D eigenvalue weighted by atomic mass is 16.4. The number of hydrogen-bond donors (Lipinski definition) is 3. The summed E-state index contributed by atoms with van der Waals surface area (Å²) < 4.78 is 0. The van der Waals surface area contributed by atoms with Gasteiger partial charge in [0.25, 0.3) is 0 Å². The normalized spacial score (nSPS) is 10.7. The summed E-state index contributed by atoms with van der Waals surface area (Å²) in [5.74, 6) is -1.85. The molecule has 0 radical (unpaired) electrons. The molecule has 18 heavy (non-hydrogen) atoms. The van der Waals surface area contributed by atoms with Gasteiger partial charge in [-0.15, -0.1) is 0 Å². The van der Waals surface area contributed by atoms with Gasteiger partial charge in [-0.3, -0.25) is 4.79 Å². The number of carboxylic acids is 2. The third kappa shape index (κ3) is 2.20. The number of carbonyl (C=O) groups is 2. The summed E-state index contributed by atoms with van der Waals surface area (Å²) >= 11 is 0. The van der Waals surface area contributed by atoms with E-state index in [1.165, 1.54) is 6.07 Å². The fraction of sp³-hybridized carbons (Fsp3) is 0.231. The zero-order valence-corrected chi connectivity index (χ0v) is 9.86. The summed E-state index contributed by atoms with van der Waals surface area (Å²) in [6, 6.07) is 4.82. The van der Waals surface area contributed by atoms with Gasteiger partial charge < -0.3 is 15.2 Å². The molecule has 0 amide bonds. The van der Waals surface area contributed by atoms with E-state index in [1.54, 1.807) is 12.1 Å². The number of aromatic amines is 1. The quantitative estimate of drug-likeness (QED) is 0.772. The van der Waals surface area contributed by atoms with Crippen molar-refractivity contribution < 1.29 is 19.8 Å². The second-order valence-electron chi connectivity index (χ2n) is 4.19. The van der Waals surface area contributed by atoms with Gasteiger partial charge in [-0.05, 0) is 37.1 Å². The SMILES string of the molecule is Cc1[nH]c2ccc(C(=O)O)cc2c1CCC(=O)O. The van der Waals surface area contributed by atoms with Gasteiger partial charge in [-0.2, -0.15) is 0 Å². The molecule has 0 saturated heterocycles. The van der Waals surface area contributed by atoms with Gasteiger partial charge >= 0.3 is 11.9 Å². The molecule has 3 N–H and O–H groups in total. The first kappa shape index (κ1) is 12.2. The molecule has 0 spiro atoms. The number of fused-ring (bicyclic) bond motifs is 1. The molecule has 1 aromatic carbocycles. The number of aromatic carboxylic acids is 1. The van der Waals surface area contributed by atoms with Crippen LogP contribution in [-0.4, -0.2) is 27.1 Å². The number of hydrogen-bond acceptors (Lipinski definition) is 2. The first-order valence-electron chi connectivity index (χ1n) is 5.55. The minimum Gasteiger partial charge on any atom is -0.481 e. The lowest BCUT2D eigenvalue weighted by Gasteiger charge is -2.00. The van der Waals surface area contributed by atoms with Crippen LogP contribution in [0.4, 0.5) is 0 Å². The lowest BCUT2D eigenvalue weighted by atomic mass is 10.0. The number of aromatic nitrogens is 1. The third-order valence-corrected chi connectivity index (χ3v) is 2.96. The third-order valence-electron chi connectivity index (χ3n) is 2.96. The lowest BCUT2D eigenvalue weighted by Crippen LogP contribution is -1.99. The number of nitrogens with one attached hydrogen (secondary N) is 1. The Bertz CT molecular complexity index is 627. The van der Waals surface area contributed by atoms with Crippen LogP contribution in [0.1, 0.15) is 28.0 Å². The van der Waals surface area contributed by atoms with Crippen LogP contribution in [0.5, 0.6) is 0 Å². The first-order valence-corrected chi connectivity index (χ1v) is 5.55. The van der Waals surface area contributed by atoms with Gasteiger partial charge in [0, 0.05) is 23.0 Å². The summed E-state index contributed by atoms with van der Waals surface area (Å²) in [7, 11) is 0. The average Bonchev–Trinajstić information content (AvgIpc) is 2.60. The van der Waals surface area contributed by atoms with Gasteiger partial charge in [0.2, 0.25) is 0 Å². The number of carboxylic acid groups (broad SMARTS) is 2. The van der Waals surface area contributed by atoms with Crippen LogP contribution in [0.2, 0.25) is 0 Å². The Morgan fingerprint density at radius 2 is 2.00 bits per heavy atom. The highest BCUT2D eigenvalue weighted by molar-refractivity contribution is 5.95. The zero-order valence-electron chi connectivity index (χ0n) is 9.86.